The van der Waals surface area contributed by atoms with E-state index in [-0.39, 0.29) is 5.91 Å². The summed E-state index contributed by atoms with van der Waals surface area (Å²) in [5.74, 6) is 1.02. The van der Waals surface area contributed by atoms with Gasteiger partial charge in [0.05, 0.1) is 31.0 Å². The smallest absolute Gasteiger partial charge is 0.253 e. The lowest BCUT2D eigenvalue weighted by atomic mass is 10.2. The second-order valence-corrected chi connectivity index (χ2v) is 8.67. The number of fused-ring (bicyclic) bond motifs is 1. The normalized spacial score (nSPS) is 11.2. The number of rotatable bonds is 7. The van der Waals surface area contributed by atoms with Crippen LogP contribution in [0.15, 0.2) is 60.9 Å². The van der Waals surface area contributed by atoms with Crippen LogP contribution in [0.4, 0.5) is 5.13 Å². The Bertz CT molecular complexity index is 1320. The molecule has 4 rings (SSSR count). The number of hydrogen-bond donors (Lipinski definition) is 0. The van der Waals surface area contributed by atoms with Gasteiger partial charge in [-0.1, -0.05) is 35.1 Å². The third-order valence-electron chi connectivity index (χ3n) is 5.12. The molecule has 1 amide bonds. The lowest BCUT2D eigenvalue weighted by molar-refractivity contribution is -0.114. The summed E-state index contributed by atoms with van der Waals surface area (Å²) in [6, 6.07) is 13.0. The molecule has 0 aliphatic heterocycles. The zero-order chi connectivity index (χ0) is 23.4. The molecule has 0 atom stereocenters. The summed E-state index contributed by atoms with van der Waals surface area (Å²) in [6.45, 7) is 2.27. The van der Waals surface area contributed by atoms with E-state index in [9.17, 15) is 4.79 Å². The first-order valence-corrected chi connectivity index (χ1v) is 11.4. The Balaban J connectivity index is 1.68. The van der Waals surface area contributed by atoms with Crippen LogP contribution in [0.1, 0.15) is 16.7 Å². The molecule has 2 aromatic carbocycles. The average molecular weight is 480 g/mol. The largest absolute Gasteiger partial charge is 0.493 e. The van der Waals surface area contributed by atoms with Crippen molar-refractivity contribution in [2.45, 2.75) is 13.5 Å². The highest BCUT2D eigenvalue weighted by molar-refractivity contribution is 7.22. The van der Waals surface area contributed by atoms with Crippen LogP contribution in [0.25, 0.3) is 16.3 Å². The Labute approximate surface area is 201 Å². The molecule has 4 aromatic rings. The van der Waals surface area contributed by atoms with Gasteiger partial charge in [0.15, 0.2) is 16.6 Å². The number of methoxy groups -OCH3 is 2. The molecule has 2 aromatic heterocycles. The SMILES string of the molecule is COc1ccc(/C=C/C(=O)N(Cc2cccnc2)c2nc3c(C)c(Cl)ccc3s2)cc1OC. The first-order valence-electron chi connectivity index (χ1n) is 10.2. The van der Waals surface area contributed by atoms with Crippen molar-refractivity contribution in [2.75, 3.05) is 19.1 Å². The molecule has 0 bridgehead atoms. The molecule has 0 N–H and O–H groups in total. The molecule has 0 fully saturated rings. The number of pyridine rings is 1. The van der Waals surface area contributed by atoms with Gasteiger partial charge in [-0.2, -0.15) is 0 Å². The second-order valence-electron chi connectivity index (χ2n) is 7.25. The molecule has 0 spiro atoms. The monoisotopic (exact) mass is 479 g/mol. The molecule has 0 unspecified atom stereocenters. The van der Waals surface area contributed by atoms with Crippen molar-refractivity contribution in [3.05, 3.63) is 82.6 Å². The summed E-state index contributed by atoms with van der Waals surface area (Å²) in [5.41, 5.74) is 3.41. The minimum Gasteiger partial charge on any atom is -0.493 e. The summed E-state index contributed by atoms with van der Waals surface area (Å²) in [7, 11) is 3.16. The second kappa shape index (κ2) is 10.0. The minimum atomic E-state index is -0.198. The van der Waals surface area contributed by atoms with Gasteiger partial charge in [-0.3, -0.25) is 14.7 Å². The number of carbonyl (C=O) groups excluding carboxylic acids is 1. The maximum atomic E-state index is 13.3. The van der Waals surface area contributed by atoms with Crippen LogP contribution in [0.2, 0.25) is 5.02 Å². The van der Waals surface area contributed by atoms with E-state index in [1.165, 1.54) is 17.4 Å². The Morgan fingerprint density at radius 3 is 2.70 bits per heavy atom. The van der Waals surface area contributed by atoms with E-state index in [1.54, 1.807) is 43.7 Å². The summed E-state index contributed by atoms with van der Waals surface area (Å²) >= 11 is 7.73. The third kappa shape index (κ3) is 4.99. The maximum absolute atomic E-state index is 13.3. The predicted octanol–water partition coefficient (Wildman–Crippen LogP) is 5.92. The quantitative estimate of drug-likeness (QED) is 0.308. The molecule has 0 aliphatic carbocycles. The summed E-state index contributed by atoms with van der Waals surface area (Å²) < 4.78 is 11.6. The molecule has 0 radical (unpaired) electrons. The average Bonchev–Trinajstić information content (AvgIpc) is 3.28. The van der Waals surface area contributed by atoms with Gasteiger partial charge in [0.2, 0.25) is 0 Å². The number of nitrogens with zero attached hydrogens (tertiary/aromatic N) is 3. The zero-order valence-electron chi connectivity index (χ0n) is 18.4. The van der Waals surface area contributed by atoms with Crippen molar-refractivity contribution in [1.82, 2.24) is 9.97 Å². The van der Waals surface area contributed by atoms with Crippen LogP contribution < -0.4 is 14.4 Å². The molecule has 0 aliphatic rings. The molecule has 2 heterocycles. The first-order chi connectivity index (χ1) is 16.0. The topological polar surface area (TPSA) is 64.5 Å². The highest BCUT2D eigenvalue weighted by Gasteiger charge is 2.20. The van der Waals surface area contributed by atoms with E-state index in [0.717, 1.165) is 26.9 Å². The molecule has 168 valence electrons. The number of amides is 1. The number of benzene rings is 2. The maximum Gasteiger partial charge on any atom is 0.253 e. The number of halogens is 1. The highest BCUT2D eigenvalue weighted by atomic mass is 35.5. The van der Waals surface area contributed by atoms with Crippen LogP contribution in [0.3, 0.4) is 0 Å². The first kappa shape index (κ1) is 22.8. The van der Waals surface area contributed by atoms with E-state index in [4.69, 9.17) is 26.1 Å². The van der Waals surface area contributed by atoms with E-state index >= 15 is 0 Å². The summed E-state index contributed by atoms with van der Waals surface area (Å²) in [6.07, 6.45) is 6.73. The van der Waals surface area contributed by atoms with E-state index < -0.39 is 0 Å². The lowest BCUT2D eigenvalue weighted by Crippen LogP contribution is -2.28. The van der Waals surface area contributed by atoms with Gasteiger partial charge in [0.1, 0.15) is 0 Å². The Morgan fingerprint density at radius 1 is 1.15 bits per heavy atom. The van der Waals surface area contributed by atoms with Gasteiger partial charge in [-0.25, -0.2) is 4.98 Å². The molecular formula is C25H22ClN3O3S. The standard InChI is InChI=1S/C25H22ClN3O3S/c1-16-19(26)8-10-22-24(16)28-25(33-22)29(15-18-5-4-12-27-14-18)23(30)11-7-17-6-9-20(31-2)21(13-17)32-3/h4-14H,15H2,1-3H3/b11-7+. The zero-order valence-corrected chi connectivity index (χ0v) is 20.0. The van der Waals surface area contributed by atoms with Gasteiger partial charge in [0, 0.05) is 23.5 Å². The van der Waals surface area contributed by atoms with Gasteiger partial charge < -0.3 is 9.47 Å². The molecule has 0 saturated carbocycles. The van der Waals surface area contributed by atoms with Crippen LogP contribution in [0, 0.1) is 6.92 Å². The van der Waals surface area contributed by atoms with E-state index in [1.807, 2.05) is 43.3 Å². The van der Waals surface area contributed by atoms with Crippen molar-refractivity contribution in [3.63, 3.8) is 0 Å². The molecule has 8 heteroatoms. The summed E-state index contributed by atoms with van der Waals surface area (Å²) in [4.78, 5) is 23.9. The van der Waals surface area contributed by atoms with Crippen LogP contribution in [0.5, 0.6) is 11.5 Å². The third-order valence-corrected chi connectivity index (χ3v) is 6.58. The van der Waals surface area contributed by atoms with Crippen molar-refractivity contribution in [3.8, 4) is 11.5 Å². The number of aryl methyl sites for hydroxylation is 1. The Hall–Kier alpha value is -3.42. The van der Waals surface area contributed by atoms with Gasteiger partial charge in [-0.15, -0.1) is 0 Å². The minimum absolute atomic E-state index is 0.198. The van der Waals surface area contributed by atoms with Crippen LogP contribution >= 0.6 is 22.9 Å². The number of carbonyl (C=O) groups is 1. The number of aromatic nitrogens is 2. The predicted molar refractivity (Wildman–Crippen MR) is 133 cm³/mol. The lowest BCUT2D eigenvalue weighted by Gasteiger charge is -2.18. The van der Waals surface area contributed by atoms with Crippen LogP contribution in [-0.4, -0.2) is 30.1 Å². The fraction of sp³-hybridized carbons (Fsp3) is 0.160. The number of ether oxygens (including phenoxy) is 2. The van der Waals surface area contributed by atoms with E-state index in [2.05, 4.69) is 4.98 Å². The van der Waals surface area contributed by atoms with Gasteiger partial charge >= 0.3 is 0 Å². The Morgan fingerprint density at radius 2 is 1.97 bits per heavy atom. The van der Waals surface area contributed by atoms with Crippen LogP contribution in [-0.2, 0) is 11.3 Å². The number of anilines is 1. The molecule has 33 heavy (non-hydrogen) atoms. The van der Waals surface area contributed by atoms with Crippen molar-refractivity contribution in [1.29, 1.82) is 0 Å². The van der Waals surface area contributed by atoms with Crippen molar-refractivity contribution in [2.24, 2.45) is 0 Å². The van der Waals surface area contributed by atoms with Crippen molar-refractivity contribution < 1.29 is 14.3 Å². The number of hydrogen-bond acceptors (Lipinski definition) is 6. The number of thiazole rings is 1. The summed E-state index contributed by atoms with van der Waals surface area (Å²) in [5, 5.41) is 1.25. The molecular weight excluding hydrogens is 458 g/mol. The molecule has 6 nitrogen and oxygen atoms in total. The van der Waals surface area contributed by atoms with Gasteiger partial charge in [-0.05, 0) is 60.0 Å². The fourth-order valence-electron chi connectivity index (χ4n) is 3.33. The van der Waals surface area contributed by atoms with Crippen molar-refractivity contribution >= 4 is 50.3 Å². The Kier molecular flexibility index (Phi) is 6.91. The molecule has 0 saturated heterocycles. The van der Waals surface area contributed by atoms with Gasteiger partial charge in [0.25, 0.3) is 5.91 Å². The fourth-order valence-corrected chi connectivity index (χ4v) is 4.51. The van der Waals surface area contributed by atoms with E-state index in [0.29, 0.717) is 28.2 Å². The highest BCUT2D eigenvalue weighted by Crippen LogP contribution is 2.34.